The molecule has 1 rings (SSSR count). The van der Waals surface area contributed by atoms with E-state index in [0.29, 0.717) is 6.04 Å². The normalized spacial score (nSPS) is 10.7. The predicted molar refractivity (Wildman–Crippen MR) is 75.6 cm³/mol. The molecule has 0 atom stereocenters. The van der Waals surface area contributed by atoms with Crippen LogP contribution >= 0.6 is 0 Å². The number of hydrogen-bond donors (Lipinski definition) is 1. The number of methoxy groups -OCH3 is 2. The average molecular weight is 251 g/mol. The lowest BCUT2D eigenvalue weighted by molar-refractivity contribution is 0.354. The highest BCUT2D eigenvalue weighted by Crippen LogP contribution is 2.27. The molecule has 0 radical (unpaired) electrons. The lowest BCUT2D eigenvalue weighted by Gasteiger charge is -2.15. The Balaban J connectivity index is 2.52. The van der Waals surface area contributed by atoms with Crippen molar-refractivity contribution in [3.63, 3.8) is 0 Å². The molecule has 3 heteroatoms. The lowest BCUT2D eigenvalue weighted by atomic mass is 10.1. The van der Waals surface area contributed by atoms with Crippen molar-refractivity contribution in [2.24, 2.45) is 0 Å². The molecule has 0 saturated carbocycles. The maximum absolute atomic E-state index is 5.30. The van der Waals surface area contributed by atoms with Gasteiger partial charge in [0.05, 0.1) is 14.2 Å². The SMILES string of the molecule is CCC(CC)NCCc1ccc(OC)c(OC)c1. The Morgan fingerprint density at radius 3 is 2.28 bits per heavy atom. The third-order valence-corrected chi connectivity index (χ3v) is 3.28. The standard InChI is InChI=1S/C15H25NO2/c1-5-13(6-2)16-10-9-12-7-8-14(17-3)15(11-12)18-4/h7-8,11,13,16H,5-6,9-10H2,1-4H3. The second-order valence-corrected chi connectivity index (χ2v) is 4.41. The molecule has 1 aromatic carbocycles. The molecule has 0 spiro atoms. The molecule has 0 fully saturated rings. The molecule has 3 nitrogen and oxygen atoms in total. The average Bonchev–Trinajstić information content (AvgIpc) is 2.43. The van der Waals surface area contributed by atoms with Crippen LogP contribution in [0.1, 0.15) is 32.3 Å². The van der Waals surface area contributed by atoms with Gasteiger partial charge in [0.1, 0.15) is 0 Å². The van der Waals surface area contributed by atoms with E-state index < -0.39 is 0 Å². The van der Waals surface area contributed by atoms with E-state index in [1.165, 1.54) is 18.4 Å². The van der Waals surface area contributed by atoms with Crippen molar-refractivity contribution in [3.05, 3.63) is 23.8 Å². The highest BCUT2D eigenvalue weighted by molar-refractivity contribution is 5.42. The van der Waals surface area contributed by atoms with E-state index in [2.05, 4.69) is 25.2 Å². The van der Waals surface area contributed by atoms with Crippen molar-refractivity contribution in [2.75, 3.05) is 20.8 Å². The smallest absolute Gasteiger partial charge is 0.160 e. The number of nitrogens with one attached hydrogen (secondary N) is 1. The van der Waals surface area contributed by atoms with Gasteiger partial charge in [0, 0.05) is 6.04 Å². The lowest BCUT2D eigenvalue weighted by Crippen LogP contribution is -2.29. The van der Waals surface area contributed by atoms with Crippen molar-refractivity contribution in [3.8, 4) is 11.5 Å². The third kappa shape index (κ3) is 4.22. The van der Waals surface area contributed by atoms with Gasteiger partial charge >= 0.3 is 0 Å². The highest BCUT2D eigenvalue weighted by atomic mass is 16.5. The van der Waals surface area contributed by atoms with Crippen LogP contribution in [-0.2, 0) is 6.42 Å². The number of ether oxygens (including phenoxy) is 2. The molecule has 18 heavy (non-hydrogen) atoms. The van der Waals surface area contributed by atoms with Gasteiger partial charge in [0.25, 0.3) is 0 Å². The summed E-state index contributed by atoms with van der Waals surface area (Å²) in [6.07, 6.45) is 3.38. The fourth-order valence-electron chi connectivity index (χ4n) is 2.03. The van der Waals surface area contributed by atoms with E-state index in [0.717, 1.165) is 24.5 Å². The first kappa shape index (κ1) is 14.8. The van der Waals surface area contributed by atoms with Crippen LogP contribution in [0.4, 0.5) is 0 Å². The van der Waals surface area contributed by atoms with Crippen LogP contribution in [0.3, 0.4) is 0 Å². The van der Waals surface area contributed by atoms with Crippen LogP contribution in [0, 0.1) is 0 Å². The minimum Gasteiger partial charge on any atom is -0.493 e. The number of rotatable bonds is 8. The Labute approximate surface area is 110 Å². The zero-order valence-corrected chi connectivity index (χ0v) is 12.0. The van der Waals surface area contributed by atoms with Gasteiger partial charge in [-0.3, -0.25) is 0 Å². The quantitative estimate of drug-likeness (QED) is 0.770. The fourth-order valence-corrected chi connectivity index (χ4v) is 2.03. The van der Waals surface area contributed by atoms with Crippen LogP contribution in [0.5, 0.6) is 11.5 Å². The Morgan fingerprint density at radius 1 is 1.06 bits per heavy atom. The van der Waals surface area contributed by atoms with Gasteiger partial charge in [0.2, 0.25) is 0 Å². The van der Waals surface area contributed by atoms with Crippen LogP contribution in [0.15, 0.2) is 18.2 Å². The molecule has 0 bridgehead atoms. The Hall–Kier alpha value is -1.22. The predicted octanol–water partition coefficient (Wildman–Crippen LogP) is 3.02. The van der Waals surface area contributed by atoms with Crippen molar-refractivity contribution >= 4 is 0 Å². The van der Waals surface area contributed by atoms with Gasteiger partial charge < -0.3 is 14.8 Å². The molecule has 0 heterocycles. The summed E-state index contributed by atoms with van der Waals surface area (Å²) in [5.41, 5.74) is 1.27. The minimum absolute atomic E-state index is 0.630. The van der Waals surface area contributed by atoms with E-state index >= 15 is 0 Å². The summed E-state index contributed by atoms with van der Waals surface area (Å²) in [4.78, 5) is 0. The fraction of sp³-hybridized carbons (Fsp3) is 0.600. The second kappa shape index (κ2) is 7.98. The van der Waals surface area contributed by atoms with Crippen LogP contribution in [-0.4, -0.2) is 26.8 Å². The summed E-state index contributed by atoms with van der Waals surface area (Å²) >= 11 is 0. The van der Waals surface area contributed by atoms with E-state index in [4.69, 9.17) is 9.47 Å². The molecular formula is C15H25NO2. The topological polar surface area (TPSA) is 30.5 Å². The number of hydrogen-bond acceptors (Lipinski definition) is 3. The Kier molecular flexibility index (Phi) is 6.58. The molecule has 0 saturated heterocycles. The Morgan fingerprint density at radius 2 is 1.72 bits per heavy atom. The van der Waals surface area contributed by atoms with Crippen LogP contribution in [0.2, 0.25) is 0 Å². The molecule has 1 aromatic rings. The summed E-state index contributed by atoms with van der Waals surface area (Å²) in [7, 11) is 3.33. The summed E-state index contributed by atoms with van der Waals surface area (Å²) in [5, 5.41) is 3.56. The van der Waals surface area contributed by atoms with Gasteiger partial charge in [-0.05, 0) is 43.5 Å². The maximum Gasteiger partial charge on any atom is 0.160 e. The van der Waals surface area contributed by atoms with Crippen molar-refractivity contribution < 1.29 is 9.47 Å². The number of benzene rings is 1. The van der Waals surface area contributed by atoms with E-state index in [-0.39, 0.29) is 0 Å². The minimum atomic E-state index is 0.630. The highest BCUT2D eigenvalue weighted by Gasteiger charge is 2.05. The molecule has 0 aliphatic carbocycles. The first-order valence-corrected chi connectivity index (χ1v) is 6.69. The molecule has 1 N–H and O–H groups in total. The zero-order chi connectivity index (χ0) is 13.4. The van der Waals surface area contributed by atoms with Crippen molar-refractivity contribution in [2.45, 2.75) is 39.2 Å². The molecule has 0 aliphatic rings. The van der Waals surface area contributed by atoms with Gasteiger partial charge in [-0.25, -0.2) is 0 Å². The first-order chi connectivity index (χ1) is 8.74. The van der Waals surface area contributed by atoms with E-state index in [9.17, 15) is 0 Å². The van der Waals surface area contributed by atoms with Crippen molar-refractivity contribution in [1.82, 2.24) is 5.32 Å². The third-order valence-electron chi connectivity index (χ3n) is 3.28. The van der Waals surface area contributed by atoms with Gasteiger partial charge in [0.15, 0.2) is 11.5 Å². The van der Waals surface area contributed by atoms with Gasteiger partial charge in [-0.15, -0.1) is 0 Å². The summed E-state index contributed by atoms with van der Waals surface area (Å²) in [5.74, 6) is 1.59. The van der Waals surface area contributed by atoms with Crippen molar-refractivity contribution in [1.29, 1.82) is 0 Å². The second-order valence-electron chi connectivity index (χ2n) is 4.41. The molecule has 102 valence electrons. The van der Waals surface area contributed by atoms with Crippen LogP contribution in [0.25, 0.3) is 0 Å². The molecule has 0 aromatic heterocycles. The van der Waals surface area contributed by atoms with Crippen LogP contribution < -0.4 is 14.8 Å². The van der Waals surface area contributed by atoms with E-state index in [1.54, 1.807) is 14.2 Å². The summed E-state index contributed by atoms with van der Waals surface area (Å²) in [6.45, 7) is 5.44. The molecule has 0 unspecified atom stereocenters. The molecule has 0 aliphatic heterocycles. The largest absolute Gasteiger partial charge is 0.493 e. The summed E-state index contributed by atoms with van der Waals surface area (Å²) < 4.78 is 10.5. The van der Waals surface area contributed by atoms with E-state index in [1.807, 2.05) is 12.1 Å². The molecule has 0 amide bonds. The first-order valence-electron chi connectivity index (χ1n) is 6.69. The Bertz CT molecular complexity index is 348. The van der Waals surface area contributed by atoms with Gasteiger partial charge in [-0.1, -0.05) is 19.9 Å². The molecular weight excluding hydrogens is 226 g/mol. The maximum atomic E-state index is 5.30. The van der Waals surface area contributed by atoms with Gasteiger partial charge in [-0.2, -0.15) is 0 Å². The monoisotopic (exact) mass is 251 g/mol. The summed E-state index contributed by atoms with van der Waals surface area (Å²) in [6, 6.07) is 6.74. The zero-order valence-electron chi connectivity index (χ0n) is 12.0.